The Bertz CT molecular complexity index is 585. The van der Waals surface area contributed by atoms with Gasteiger partial charge >= 0.3 is 5.97 Å². The Balaban J connectivity index is 2.53. The molecule has 0 radical (unpaired) electrons. The molecule has 0 atom stereocenters. The van der Waals surface area contributed by atoms with Crippen LogP contribution in [0.5, 0.6) is 0 Å². The zero-order valence-corrected chi connectivity index (χ0v) is 11.0. The maximum Gasteiger partial charge on any atom is 0.350 e. The lowest BCUT2D eigenvalue weighted by Crippen LogP contribution is -2.32. The second kappa shape index (κ2) is 4.38. The van der Waals surface area contributed by atoms with E-state index < -0.39 is 17.8 Å². The molecule has 94 valence electrons. The number of esters is 1. The molecule has 0 saturated carbocycles. The fourth-order valence-corrected chi connectivity index (χ4v) is 2.70. The van der Waals surface area contributed by atoms with E-state index in [1.54, 1.807) is 19.2 Å². The lowest BCUT2D eigenvalue weighted by Gasteiger charge is -2.15. The van der Waals surface area contributed by atoms with Gasteiger partial charge in [-0.25, -0.2) is 9.69 Å². The summed E-state index contributed by atoms with van der Waals surface area (Å²) in [6, 6.07) is 0. The average Bonchev–Trinajstić information content (AvgIpc) is 2.81. The van der Waals surface area contributed by atoms with Gasteiger partial charge in [0.1, 0.15) is 4.88 Å². The van der Waals surface area contributed by atoms with Crippen LogP contribution in [-0.2, 0) is 14.3 Å². The topological polar surface area (TPSA) is 63.7 Å². The van der Waals surface area contributed by atoms with Gasteiger partial charge in [-0.2, -0.15) is 0 Å². The van der Waals surface area contributed by atoms with Crippen LogP contribution in [-0.4, -0.2) is 24.9 Å². The van der Waals surface area contributed by atoms with Crippen molar-refractivity contribution < 1.29 is 19.1 Å². The van der Waals surface area contributed by atoms with E-state index in [1.165, 1.54) is 13.2 Å². The predicted molar refractivity (Wildman–Crippen MR) is 66.6 cm³/mol. The molecule has 0 unspecified atom stereocenters. The van der Waals surface area contributed by atoms with Gasteiger partial charge in [0, 0.05) is 11.6 Å². The predicted octanol–water partition coefficient (Wildman–Crippen LogP) is 1.66. The van der Waals surface area contributed by atoms with E-state index in [9.17, 15) is 14.4 Å². The van der Waals surface area contributed by atoms with Gasteiger partial charge in [0.25, 0.3) is 11.8 Å². The molecule has 0 aromatic carbocycles. The number of methoxy groups -OCH3 is 1. The van der Waals surface area contributed by atoms with Gasteiger partial charge in [0.05, 0.1) is 12.8 Å². The Hall–Kier alpha value is -1.95. The first-order chi connectivity index (χ1) is 8.47. The molecular weight excluding hydrogens is 254 g/mol. The average molecular weight is 265 g/mol. The van der Waals surface area contributed by atoms with Gasteiger partial charge in [-0.05, 0) is 24.8 Å². The number of anilines is 1. The number of ether oxygens (including phenoxy) is 1. The molecule has 5 nitrogen and oxygen atoms in total. The molecule has 1 aromatic heterocycles. The number of amides is 2. The Morgan fingerprint density at radius 3 is 2.50 bits per heavy atom. The number of carbonyl (C=O) groups excluding carboxylic acids is 3. The van der Waals surface area contributed by atoms with Crippen LogP contribution in [0.3, 0.4) is 0 Å². The number of hydrogen-bond donors (Lipinski definition) is 0. The molecule has 2 amide bonds. The van der Waals surface area contributed by atoms with Crippen LogP contribution in [0.4, 0.5) is 5.69 Å². The third-order valence-corrected chi connectivity index (χ3v) is 3.70. The van der Waals surface area contributed by atoms with Gasteiger partial charge in [0.15, 0.2) is 0 Å². The van der Waals surface area contributed by atoms with E-state index in [0.717, 1.165) is 16.2 Å². The van der Waals surface area contributed by atoms with Crippen molar-refractivity contribution in [3.05, 3.63) is 27.5 Å². The SMILES string of the molecule is COC(=O)c1scc(C)c1N1C(=O)C=C(C)C1=O. The zero-order chi connectivity index (χ0) is 13.4. The lowest BCUT2D eigenvalue weighted by atomic mass is 10.2. The molecule has 1 aromatic rings. The fraction of sp³-hybridized carbons (Fsp3) is 0.250. The summed E-state index contributed by atoms with van der Waals surface area (Å²) < 4.78 is 4.65. The standard InChI is InChI=1S/C12H11NO4S/c1-6-4-8(14)13(11(6)15)9-7(2)5-18-10(9)12(16)17-3/h4-5H,1-3H3. The summed E-state index contributed by atoms with van der Waals surface area (Å²) in [5, 5.41) is 1.72. The fourth-order valence-electron chi connectivity index (χ4n) is 1.75. The van der Waals surface area contributed by atoms with Crippen LogP contribution in [0, 0.1) is 6.92 Å². The first-order valence-corrected chi connectivity index (χ1v) is 6.08. The van der Waals surface area contributed by atoms with Crippen LogP contribution < -0.4 is 4.90 Å². The van der Waals surface area contributed by atoms with Crippen LogP contribution in [0.1, 0.15) is 22.2 Å². The third kappa shape index (κ3) is 1.74. The largest absolute Gasteiger partial charge is 0.465 e. The highest BCUT2D eigenvalue weighted by Crippen LogP contribution is 2.34. The van der Waals surface area contributed by atoms with Crippen LogP contribution in [0.25, 0.3) is 0 Å². The van der Waals surface area contributed by atoms with Crippen molar-refractivity contribution in [2.75, 3.05) is 12.0 Å². The van der Waals surface area contributed by atoms with Crippen molar-refractivity contribution in [2.45, 2.75) is 13.8 Å². The Morgan fingerprint density at radius 2 is 2.00 bits per heavy atom. The van der Waals surface area contributed by atoms with E-state index in [4.69, 9.17) is 0 Å². The lowest BCUT2D eigenvalue weighted by molar-refractivity contribution is -0.120. The number of thiophene rings is 1. The minimum Gasteiger partial charge on any atom is -0.465 e. The van der Waals surface area contributed by atoms with E-state index in [-0.39, 0.29) is 4.88 Å². The van der Waals surface area contributed by atoms with Crippen LogP contribution >= 0.6 is 11.3 Å². The number of aryl methyl sites for hydroxylation is 1. The van der Waals surface area contributed by atoms with Gasteiger partial charge in [0.2, 0.25) is 0 Å². The molecule has 0 bridgehead atoms. The highest BCUT2D eigenvalue weighted by molar-refractivity contribution is 7.12. The second-order valence-electron chi connectivity index (χ2n) is 3.89. The van der Waals surface area contributed by atoms with Crippen LogP contribution in [0.15, 0.2) is 17.0 Å². The quantitative estimate of drug-likeness (QED) is 0.602. The summed E-state index contributed by atoms with van der Waals surface area (Å²) in [7, 11) is 1.26. The summed E-state index contributed by atoms with van der Waals surface area (Å²) in [6.45, 7) is 3.31. The molecule has 1 aliphatic rings. The molecule has 1 aliphatic heterocycles. The maximum atomic E-state index is 11.9. The third-order valence-electron chi connectivity index (χ3n) is 2.64. The minimum absolute atomic E-state index is 0.264. The number of rotatable bonds is 2. The number of hydrogen-bond acceptors (Lipinski definition) is 5. The van der Waals surface area contributed by atoms with E-state index >= 15 is 0 Å². The van der Waals surface area contributed by atoms with Crippen molar-refractivity contribution in [1.82, 2.24) is 0 Å². The zero-order valence-electron chi connectivity index (χ0n) is 10.1. The van der Waals surface area contributed by atoms with Gasteiger partial charge < -0.3 is 4.74 Å². The van der Waals surface area contributed by atoms with Crippen molar-refractivity contribution in [3.63, 3.8) is 0 Å². The summed E-state index contributed by atoms with van der Waals surface area (Å²) >= 11 is 1.16. The summed E-state index contributed by atoms with van der Waals surface area (Å²) in [5.41, 5.74) is 1.39. The van der Waals surface area contributed by atoms with Gasteiger partial charge in [-0.3, -0.25) is 9.59 Å². The van der Waals surface area contributed by atoms with Crippen molar-refractivity contribution in [1.29, 1.82) is 0 Å². The Kier molecular flexibility index (Phi) is 3.04. The second-order valence-corrected chi connectivity index (χ2v) is 4.77. The minimum atomic E-state index is -0.548. The molecule has 0 N–H and O–H groups in total. The molecule has 0 aliphatic carbocycles. The molecule has 0 saturated heterocycles. The van der Waals surface area contributed by atoms with Crippen molar-refractivity contribution in [2.24, 2.45) is 0 Å². The number of carbonyl (C=O) groups is 3. The molecule has 0 fully saturated rings. The van der Waals surface area contributed by atoms with Crippen molar-refractivity contribution in [3.8, 4) is 0 Å². The molecule has 0 spiro atoms. The number of imide groups is 1. The highest BCUT2D eigenvalue weighted by Gasteiger charge is 2.34. The monoisotopic (exact) mass is 265 g/mol. The molecule has 18 heavy (non-hydrogen) atoms. The maximum absolute atomic E-state index is 11.9. The molecule has 2 rings (SSSR count). The summed E-state index contributed by atoms with van der Waals surface area (Å²) in [5.74, 6) is -1.37. The first-order valence-electron chi connectivity index (χ1n) is 5.20. The van der Waals surface area contributed by atoms with Crippen molar-refractivity contribution >= 4 is 34.8 Å². The van der Waals surface area contributed by atoms with E-state index in [1.807, 2.05) is 0 Å². The first kappa shape index (κ1) is 12.5. The normalized spacial score (nSPS) is 15.1. The Morgan fingerprint density at radius 1 is 1.33 bits per heavy atom. The molecular formula is C12H11NO4S. The number of nitrogens with zero attached hydrogens (tertiary/aromatic N) is 1. The van der Waals surface area contributed by atoms with Gasteiger partial charge in [-0.1, -0.05) is 0 Å². The highest BCUT2D eigenvalue weighted by atomic mass is 32.1. The van der Waals surface area contributed by atoms with Crippen LogP contribution in [0.2, 0.25) is 0 Å². The van der Waals surface area contributed by atoms with E-state index in [2.05, 4.69) is 4.74 Å². The Labute approximate surface area is 108 Å². The molecule has 6 heteroatoms. The smallest absolute Gasteiger partial charge is 0.350 e. The summed E-state index contributed by atoms with van der Waals surface area (Å²) in [4.78, 5) is 36.6. The van der Waals surface area contributed by atoms with Gasteiger partial charge in [-0.15, -0.1) is 11.3 Å². The van der Waals surface area contributed by atoms with E-state index in [0.29, 0.717) is 16.8 Å². The summed E-state index contributed by atoms with van der Waals surface area (Å²) in [6.07, 6.45) is 1.26. The molecule has 2 heterocycles.